The summed E-state index contributed by atoms with van der Waals surface area (Å²) in [6.45, 7) is 4.60. The van der Waals surface area contributed by atoms with E-state index in [9.17, 15) is 9.18 Å². The van der Waals surface area contributed by atoms with Gasteiger partial charge in [-0.15, -0.1) is 0 Å². The molecule has 2 heterocycles. The molecule has 2 aromatic heterocycles. The number of imidazole rings is 1. The topological polar surface area (TPSA) is 46.8 Å². The predicted molar refractivity (Wildman–Crippen MR) is 114 cm³/mol. The van der Waals surface area contributed by atoms with Crippen LogP contribution in [-0.4, -0.2) is 46.6 Å². The number of halogens is 3. The van der Waals surface area contributed by atoms with E-state index in [0.717, 1.165) is 5.56 Å². The molecule has 0 radical (unpaired) electrons. The van der Waals surface area contributed by atoms with Gasteiger partial charge in [-0.3, -0.25) is 4.79 Å². The van der Waals surface area contributed by atoms with Gasteiger partial charge in [0.05, 0.1) is 27.9 Å². The monoisotopic (exact) mass is 436 g/mol. The van der Waals surface area contributed by atoms with Crippen molar-refractivity contribution in [3.8, 4) is 17.0 Å². The van der Waals surface area contributed by atoms with Gasteiger partial charge in [0.15, 0.2) is 5.65 Å². The van der Waals surface area contributed by atoms with Gasteiger partial charge in [0.1, 0.15) is 19.0 Å². The van der Waals surface area contributed by atoms with Crippen LogP contribution in [0.3, 0.4) is 0 Å². The number of nitrogens with zero attached hydrogens (tertiary/aromatic N) is 3. The minimum Gasteiger partial charge on any atom is -0.491 e. The van der Waals surface area contributed by atoms with E-state index in [2.05, 4.69) is 4.98 Å². The van der Waals surface area contributed by atoms with E-state index in [-0.39, 0.29) is 18.9 Å². The van der Waals surface area contributed by atoms with Crippen molar-refractivity contribution in [2.24, 2.45) is 0 Å². The maximum absolute atomic E-state index is 12.8. The Morgan fingerprint density at radius 3 is 2.52 bits per heavy atom. The van der Waals surface area contributed by atoms with Gasteiger partial charge in [-0.25, -0.2) is 9.37 Å². The first-order chi connectivity index (χ1) is 14.0. The van der Waals surface area contributed by atoms with Crippen LogP contribution in [0.1, 0.15) is 19.5 Å². The molecule has 3 rings (SSSR count). The van der Waals surface area contributed by atoms with Gasteiger partial charge < -0.3 is 14.0 Å². The smallest absolute Gasteiger partial charge is 0.228 e. The highest BCUT2D eigenvalue weighted by atomic mass is 35.5. The molecule has 8 heteroatoms. The van der Waals surface area contributed by atoms with Gasteiger partial charge in [-0.05, 0) is 44.2 Å². The van der Waals surface area contributed by atoms with Crippen LogP contribution in [0.25, 0.3) is 16.9 Å². The fourth-order valence-corrected chi connectivity index (χ4v) is 3.73. The van der Waals surface area contributed by atoms with Crippen LogP contribution in [0, 0.1) is 0 Å². The molecule has 0 spiro atoms. The number of aromatic nitrogens is 2. The molecule has 154 valence electrons. The second kappa shape index (κ2) is 9.46. The van der Waals surface area contributed by atoms with Crippen molar-refractivity contribution in [3.63, 3.8) is 0 Å². The van der Waals surface area contributed by atoms with E-state index in [1.807, 2.05) is 26.0 Å². The van der Waals surface area contributed by atoms with Crippen molar-refractivity contribution in [2.45, 2.75) is 20.3 Å². The van der Waals surface area contributed by atoms with Gasteiger partial charge in [-0.1, -0.05) is 23.2 Å². The number of fused-ring (bicyclic) bond motifs is 1. The molecule has 0 unspecified atom stereocenters. The number of hydrogen-bond donors (Lipinski definition) is 0. The molecular formula is C21H22Cl2FN3O2. The average Bonchev–Trinajstić information content (AvgIpc) is 3.06. The number of likely N-dealkylation sites (N-methyl/N-ethyl adjacent to an activating group) is 1. The number of rotatable bonds is 8. The number of ether oxygens (including phenoxy) is 1. The number of pyridine rings is 1. The summed E-state index contributed by atoms with van der Waals surface area (Å²) in [5, 5.41) is 0.862. The van der Waals surface area contributed by atoms with Crippen molar-refractivity contribution in [2.75, 3.05) is 26.4 Å². The summed E-state index contributed by atoms with van der Waals surface area (Å²) in [5.41, 5.74) is 2.69. The highest BCUT2D eigenvalue weighted by molar-refractivity contribution is 6.36. The van der Waals surface area contributed by atoms with Crippen molar-refractivity contribution < 1.29 is 13.9 Å². The molecule has 0 aliphatic rings. The first kappa shape index (κ1) is 21.4. The highest BCUT2D eigenvalue weighted by Crippen LogP contribution is 2.31. The molecule has 3 aromatic rings. The standard InChI is InChI=1S/C21H22Cl2FN3O2/c1-3-26(4-2)19(28)12-18-20(14-5-7-16(8-6-14)29-10-9-24)25-21-17(23)11-15(22)13-27(18)21/h5-8,11,13H,3-4,9-10,12H2,1-2H3/i24-1. The van der Waals surface area contributed by atoms with Gasteiger partial charge >= 0.3 is 0 Å². The summed E-state index contributed by atoms with van der Waals surface area (Å²) in [7, 11) is 0. The third kappa shape index (κ3) is 4.65. The Morgan fingerprint density at radius 1 is 1.21 bits per heavy atom. The minimum atomic E-state index is -0.551. The number of amides is 1. The zero-order valence-corrected chi connectivity index (χ0v) is 17.8. The second-order valence-electron chi connectivity index (χ2n) is 6.41. The number of alkyl halides is 1. The van der Waals surface area contributed by atoms with Crippen LogP contribution in [0.2, 0.25) is 10.0 Å². The number of carbonyl (C=O) groups excluding carboxylic acids is 1. The SMILES string of the molecule is CCN(CC)C(=O)Cc1c(-c2ccc(OCC[18F])cc2)nc2c(Cl)cc(Cl)cn12. The zero-order valence-electron chi connectivity index (χ0n) is 16.3. The Bertz CT molecular complexity index is 1000. The lowest BCUT2D eigenvalue weighted by molar-refractivity contribution is -0.130. The van der Waals surface area contributed by atoms with Gasteiger partial charge in [0.2, 0.25) is 5.91 Å². The largest absolute Gasteiger partial charge is 0.491 e. The molecule has 0 bridgehead atoms. The van der Waals surface area contributed by atoms with Crippen LogP contribution in [0.15, 0.2) is 36.5 Å². The fourth-order valence-electron chi connectivity index (χ4n) is 3.22. The summed E-state index contributed by atoms with van der Waals surface area (Å²) in [5.74, 6) is 0.564. The van der Waals surface area contributed by atoms with E-state index in [1.165, 1.54) is 0 Å². The number of hydrogen-bond acceptors (Lipinski definition) is 3. The first-order valence-corrected chi connectivity index (χ1v) is 10.2. The quantitative estimate of drug-likeness (QED) is 0.495. The van der Waals surface area contributed by atoms with E-state index in [4.69, 9.17) is 27.9 Å². The first-order valence-electron chi connectivity index (χ1n) is 9.41. The third-order valence-electron chi connectivity index (χ3n) is 4.65. The molecule has 0 aliphatic carbocycles. The van der Waals surface area contributed by atoms with Crippen LogP contribution in [-0.2, 0) is 11.2 Å². The molecule has 29 heavy (non-hydrogen) atoms. The molecular weight excluding hydrogens is 415 g/mol. The number of benzene rings is 1. The molecule has 1 aromatic carbocycles. The second-order valence-corrected chi connectivity index (χ2v) is 7.26. The maximum Gasteiger partial charge on any atom is 0.228 e. The summed E-state index contributed by atoms with van der Waals surface area (Å²) >= 11 is 12.6. The molecule has 0 aliphatic heterocycles. The van der Waals surface area contributed by atoms with Crippen molar-refractivity contribution >= 4 is 34.8 Å². The van der Waals surface area contributed by atoms with Crippen molar-refractivity contribution in [1.29, 1.82) is 0 Å². The predicted octanol–water partition coefficient (Wildman–Crippen LogP) is 5.07. The number of carbonyl (C=O) groups is 1. The lowest BCUT2D eigenvalue weighted by atomic mass is 10.1. The molecule has 5 nitrogen and oxygen atoms in total. The molecule has 0 fully saturated rings. The van der Waals surface area contributed by atoms with Gasteiger partial charge in [0.25, 0.3) is 0 Å². The Kier molecular flexibility index (Phi) is 6.98. The molecule has 1 amide bonds. The van der Waals surface area contributed by atoms with E-state index < -0.39 is 6.67 Å². The van der Waals surface area contributed by atoms with E-state index >= 15 is 0 Å². The molecule has 0 saturated heterocycles. The molecule has 0 atom stereocenters. The van der Waals surface area contributed by atoms with E-state index in [1.54, 1.807) is 33.7 Å². The minimum absolute atomic E-state index is 0.00273. The van der Waals surface area contributed by atoms with E-state index in [0.29, 0.717) is 45.9 Å². The average molecular weight is 437 g/mol. The Morgan fingerprint density at radius 2 is 1.90 bits per heavy atom. The van der Waals surface area contributed by atoms with Crippen LogP contribution in [0.4, 0.5) is 4.39 Å². The highest BCUT2D eigenvalue weighted by Gasteiger charge is 2.21. The van der Waals surface area contributed by atoms with Gasteiger partial charge in [-0.2, -0.15) is 0 Å². The molecule has 0 N–H and O–H groups in total. The van der Waals surface area contributed by atoms with Crippen LogP contribution >= 0.6 is 23.2 Å². The fraction of sp³-hybridized carbons (Fsp3) is 0.333. The van der Waals surface area contributed by atoms with Crippen molar-refractivity contribution in [1.82, 2.24) is 14.3 Å². The molecule has 0 saturated carbocycles. The van der Waals surface area contributed by atoms with Gasteiger partial charge in [0, 0.05) is 24.8 Å². The third-order valence-corrected chi connectivity index (χ3v) is 5.13. The van der Waals surface area contributed by atoms with Crippen LogP contribution in [0.5, 0.6) is 5.75 Å². The Hall–Kier alpha value is -2.31. The normalized spacial score (nSPS) is 11.1. The van der Waals surface area contributed by atoms with Crippen molar-refractivity contribution in [3.05, 3.63) is 52.3 Å². The lowest BCUT2D eigenvalue weighted by Gasteiger charge is -2.19. The summed E-state index contributed by atoms with van der Waals surface area (Å²) in [6, 6.07) is 8.78. The summed E-state index contributed by atoms with van der Waals surface area (Å²) < 4.78 is 19.4. The zero-order chi connectivity index (χ0) is 21.0. The maximum atomic E-state index is 12.8. The Labute approximate surface area is 179 Å². The lowest BCUT2D eigenvalue weighted by Crippen LogP contribution is -2.32. The summed E-state index contributed by atoms with van der Waals surface area (Å²) in [6.07, 6.45) is 1.87. The Balaban J connectivity index is 2.08. The van der Waals surface area contributed by atoms with Crippen LogP contribution < -0.4 is 4.74 Å². The summed E-state index contributed by atoms with van der Waals surface area (Å²) in [4.78, 5) is 19.3.